The summed E-state index contributed by atoms with van der Waals surface area (Å²) in [4.78, 5) is 8.45. The fourth-order valence-corrected chi connectivity index (χ4v) is 1.94. The number of aryl methyl sites for hydroxylation is 1. The van der Waals surface area contributed by atoms with Crippen LogP contribution in [0.1, 0.15) is 11.3 Å². The number of rotatable bonds is 4. The third-order valence-electron chi connectivity index (χ3n) is 2.97. The Kier molecular flexibility index (Phi) is 4.57. The Balaban J connectivity index is 2.49. The Hall–Kier alpha value is -1.95. The van der Waals surface area contributed by atoms with E-state index in [9.17, 15) is 8.78 Å². The van der Waals surface area contributed by atoms with Gasteiger partial charge in [0.1, 0.15) is 5.15 Å². The Morgan fingerprint density at radius 3 is 2.43 bits per heavy atom. The minimum atomic E-state index is -2.95. The van der Waals surface area contributed by atoms with Crippen LogP contribution in [0.4, 0.5) is 8.78 Å². The van der Waals surface area contributed by atoms with E-state index in [1.807, 2.05) is 0 Å². The highest BCUT2D eigenvalue weighted by molar-refractivity contribution is 6.30. The molecular weight excluding hydrogens is 302 g/mol. The van der Waals surface area contributed by atoms with Crippen molar-refractivity contribution in [2.75, 3.05) is 7.11 Å². The van der Waals surface area contributed by atoms with Crippen molar-refractivity contribution in [3.8, 4) is 22.9 Å². The maximum atomic E-state index is 12.4. The summed E-state index contributed by atoms with van der Waals surface area (Å²) in [5, 5.41) is 0.324. The Bertz CT molecular complexity index is 642. The fourth-order valence-electron chi connectivity index (χ4n) is 1.73. The molecule has 0 radical (unpaired) electrons. The summed E-state index contributed by atoms with van der Waals surface area (Å²) in [6.07, 6.45) is 0. The summed E-state index contributed by atoms with van der Waals surface area (Å²) in [6, 6.07) is 4.56. The molecule has 0 bridgehead atoms. The van der Waals surface area contributed by atoms with Crippen LogP contribution >= 0.6 is 11.6 Å². The molecule has 0 unspecified atom stereocenters. The second-order valence-electron chi connectivity index (χ2n) is 4.29. The molecule has 0 amide bonds. The van der Waals surface area contributed by atoms with E-state index in [0.717, 1.165) is 11.3 Å². The maximum Gasteiger partial charge on any atom is 0.387 e. The van der Waals surface area contributed by atoms with E-state index in [1.165, 1.54) is 19.2 Å². The van der Waals surface area contributed by atoms with Crippen molar-refractivity contribution in [1.29, 1.82) is 0 Å². The van der Waals surface area contributed by atoms with Gasteiger partial charge in [0.2, 0.25) is 0 Å². The second kappa shape index (κ2) is 6.22. The molecule has 0 saturated carbocycles. The highest BCUT2D eigenvalue weighted by atomic mass is 35.5. The summed E-state index contributed by atoms with van der Waals surface area (Å²) >= 11 is 6.02. The second-order valence-corrected chi connectivity index (χ2v) is 4.65. The molecule has 4 nitrogen and oxygen atoms in total. The number of hydrogen-bond donors (Lipinski definition) is 0. The van der Waals surface area contributed by atoms with Gasteiger partial charge in [0, 0.05) is 16.8 Å². The van der Waals surface area contributed by atoms with Gasteiger partial charge in [-0.2, -0.15) is 8.78 Å². The lowest BCUT2D eigenvalue weighted by molar-refractivity contribution is -0.0511. The predicted octanol–water partition coefficient (Wildman–Crippen LogP) is 4.02. The zero-order chi connectivity index (χ0) is 15.6. The minimum Gasteiger partial charge on any atom is -0.493 e. The molecule has 2 aromatic rings. The van der Waals surface area contributed by atoms with Crippen molar-refractivity contribution in [2.24, 2.45) is 0 Å². The van der Waals surface area contributed by atoms with Crippen molar-refractivity contribution in [3.63, 3.8) is 0 Å². The number of nitrogens with zero attached hydrogens (tertiary/aromatic N) is 2. The third-order valence-corrected chi connectivity index (χ3v) is 3.34. The van der Waals surface area contributed by atoms with Crippen LogP contribution in [0.15, 0.2) is 18.2 Å². The van der Waals surface area contributed by atoms with Crippen molar-refractivity contribution in [1.82, 2.24) is 9.97 Å². The summed E-state index contributed by atoms with van der Waals surface area (Å²) in [6.45, 7) is 0.659. The van der Waals surface area contributed by atoms with Crippen molar-refractivity contribution in [2.45, 2.75) is 20.5 Å². The van der Waals surface area contributed by atoms with Gasteiger partial charge in [-0.3, -0.25) is 0 Å². The van der Waals surface area contributed by atoms with Crippen LogP contribution in [-0.2, 0) is 0 Å². The number of benzene rings is 1. The Morgan fingerprint density at radius 1 is 1.14 bits per heavy atom. The van der Waals surface area contributed by atoms with Crippen LogP contribution in [0.25, 0.3) is 11.4 Å². The average molecular weight is 315 g/mol. The molecule has 1 heterocycles. The van der Waals surface area contributed by atoms with E-state index < -0.39 is 6.61 Å². The molecule has 1 aromatic carbocycles. The Morgan fingerprint density at radius 2 is 1.86 bits per heavy atom. The van der Waals surface area contributed by atoms with Crippen LogP contribution in [0.5, 0.6) is 11.5 Å². The first-order valence-electron chi connectivity index (χ1n) is 6.06. The van der Waals surface area contributed by atoms with Gasteiger partial charge in [0.05, 0.1) is 7.11 Å². The Labute approximate surface area is 125 Å². The molecule has 1 aromatic heterocycles. The van der Waals surface area contributed by atoms with Gasteiger partial charge in [0.15, 0.2) is 17.3 Å². The molecule has 0 spiro atoms. The van der Waals surface area contributed by atoms with E-state index in [2.05, 4.69) is 14.7 Å². The van der Waals surface area contributed by atoms with Gasteiger partial charge >= 0.3 is 6.61 Å². The van der Waals surface area contributed by atoms with Gasteiger partial charge in [0.25, 0.3) is 0 Å². The zero-order valence-electron chi connectivity index (χ0n) is 11.7. The fraction of sp³-hybridized carbons (Fsp3) is 0.286. The summed E-state index contributed by atoms with van der Waals surface area (Å²) < 4.78 is 34.3. The van der Waals surface area contributed by atoms with Crippen LogP contribution in [-0.4, -0.2) is 23.7 Å². The first-order valence-corrected chi connectivity index (χ1v) is 6.44. The van der Waals surface area contributed by atoms with Crippen molar-refractivity contribution >= 4 is 11.6 Å². The number of alkyl halides is 2. The summed E-state index contributed by atoms with van der Waals surface area (Å²) in [5.74, 6) is 0.460. The van der Waals surface area contributed by atoms with Gasteiger partial charge in [-0.25, -0.2) is 9.97 Å². The van der Waals surface area contributed by atoms with E-state index in [4.69, 9.17) is 16.3 Å². The lowest BCUT2D eigenvalue weighted by Gasteiger charge is -2.12. The standard InChI is InChI=1S/C14H13ClF2N2O2/c1-7-8(2)18-13(19-12(7)15)9-4-5-10(20-3)11(6-9)21-14(16)17/h4-6,14H,1-3H3. The SMILES string of the molecule is COc1ccc(-c2nc(C)c(C)c(Cl)n2)cc1OC(F)F. The number of aromatic nitrogens is 2. The van der Waals surface area contributed by atoms with Crippen LogP contribution in [0, 0.1) is 13.8 Å². The number of hydrogen-bond acceptors (Lipinski definition) is 4. The summed E-state index contributed by atoms with van der Waals surface area (Å²) in [5.41, 5.74) is 2.01. The minimum absolute atomic E-state index is 0.0806. The number of ether oxygens (including phenoxy) is 2. The molecule has 7 heteroatoms. The van der Waals surface area contributed by atoms with Gasteiger partial charge in [-0.05, 0) is 32.0 Å². The molecule has 0 atom stereocenters. The number of methoxy groups -OCH3 is 1. The van der Waals surface area contributed by atoms with Crippen LogP contribution in [0.2, 0.25) is 5.15 Å². The zero-order valence-corrected chi connectivity index (χ0v) is 12.4. The molecule has 21 heavy (non-hydrogen) atoms. The van der Waals surface area contributed by atoms with Gasteiger partial charge < -0.3 is 9.47 Å². The first-order chi connectivity index (χ1) is 9.92. The monoisotopic (exact) mass is 314 g/mol. The normalized spacial score (nSPS) is 10.8. The van der Waals surface area contributed by atoms with Gasteiger partial charge in [-0.15, -0.1) is 0 Å². The average Bonchev–Trinajstić information content (AvgIpc) is 2.43. The van der Waals surface area contributed by atoms with Crippen molar-refractivity contribution in [3.05, 3.63) is 34.6 Å². The molecule has 0 N–H and O–H groups in total. The van der Waals surface area contributed by atoms with Crippen LogP contribution < -0.4 is 9.47 Å². The molecule has 112 valence electrons. The molecule has 0 aliphatic carbocycles. The highest BCUT2D eigenvalue weighted by Crippen LogP contribution is 2.33. The molecule has 0 saturated heterocycles. The molecule has 2 rings (SSSR count). The number of halogens is 3. The summed E-state index contributed by atoms with van der Waals surface area (Å²) in [7, 11) is 1.37. The predicted molar refractivity (Wildman–Crippen MR) is 75.1 cm³/mol. The molecule has 0 aliphatic heterocycles. The molecular formula is C14H13ClF2N2O2. The quantitative estimate of drug-likeness (QED) is 0.799. The smallest absolute Gasteiger partial charge is 0.387 e. The van der Waals surface area contributed by atoms with E-state index >= 15 is 0 Å². The third kappa shape index (κ3) is 3.39. The lowest BCUT2D eigenvalue weighted by Crippen LogP contribution is -2.04. The van der Waals surface area contributed by atoms with Crippen molar-refractivity contribution < 1.29 is 18.3 Å². The molecule has 0 fully saturated rings. The topological polar surface area (TPSA) is 44.2 Å². The lowest BCUT2D eigenvalue weighted by atomic mass is 10.1. The first kappa shape index (κ1) is 15.4. The van der Waals surface area contributed by atoms with Gasteiger partial charge in [-0.1, -0.05) is 11.6 Å². The van der Waals surface area contributed by atoms with E-state index in [0.29, 0.717) is 16.5 Å². The molecule has 0 aliphatic rings. The largest absolute Gasteiger partial charge is 0.493 e. The van der Waals surface area contributed by atoms with Crippen LogP contribution in [0.3, 0.4) is 0 Å². The van der Waals surface area contributed by atoms with E-state index in [-0.39, 0.29) is 11.5 Å². The van der Waals surface area contributed by atoms with E-state index in [1.54, 1.807) is 19.9 Å². The highest BCUT2D eigenvalue weighted by Gasteiger charge is 2.14. The maximum absolute atomic E-state index is 12.4.